The second kappa shape index (κ2) is 8.72. The Hall–Kier alpha value is -3.76. The second-order valence-corrected chi connectivity index (χ2v) is 7.03. The molecule has 1 fully saturated rings. The first-order valence-corrected chi connectivity index (χ1v) is 9.58. The number of carbonyl (C=O) groups excluding carboxylic acids is 1. The van der Waals surface area contributed by atoms with Crippen LogP contribution in [0.4, 0.5) is 0 Å². The Bertz CT molecular complexity index is 1070. The van der Waals surface area contributed by atoms with Crippen LogP contribution in [-0.4, -0.2) is 50.0 Å². The molecule has 0 aliphatic carbocycles. The van der Waals surface area contributed by atoms with E-state index in [2.05, 4.69) is 27.8 Å². The maximum Gasteiger partial charge on any atom is 0.246 e. The molecule has 3 heterocycles. The van der Waals surface area contributed by atoms with Crippen LogP contribution >= 0.6 is 0 Å². The fraction of sp³-hybridized carbons (Fsp3) is 0.217. The SMILES string of the molecule is C#Cc1ccc(CO[C@@H]2CN(C(=O)C=C)C[C@H]2n2cc(-c3cccnc3)nn2)cc1. The van der Waals surface area contributed by atoms with E-state index in [1.165, 1.54) is 6.08 Å². The highest BCUT2D eigenvalue weighted by molar-refractivity contribution is 5.87. The summed E-state index contributed by atoms with van der Waals surface area (Å²) in [5.41, 5.74) is 3.44. The number of aromatic nitrogens is 4. The van der Waals surface area contributed by atoms with Gasteiger partial charge in [-0.25, -0.2) is 4.68 Å². The number of terminal acetylenes is 1. The van der Waals surface area contributed by atoms with Crippen molar-refractivity contribution in [1.82, 2.24) is 24.9 Å². The summed E-state index contributed by atoms with van der Waals surface area (Å²) in [4.78, 5) is 18.0. The van der Waals surface area contributed by atoms with Crippen molar-refractivity contribution in [2.45, 2.75) is 18.8 Å². The van der Waals surface area contributed by atoms with Crippen molar-refractivity contribution in [1.29, 1.82) is 0 Å². The molecule has 30 heavy (non-hydrogen) atoms. The van der Waals surface area contributed by atoms with Crippen LogP contribution in [0.3, 0.4) is 0 Å². The zero-order chi connectivity index (χ0) is 20.9. The lowest BCUT2D eigenvalue weighted by molar-refractivity contribution is -0.125. The summed E-state index contributed by atoms with van der Waals surface area (Å²) in [7, 11) is 0. The van der Waals surface area contributed by atoms with E-state index in [9.17, 15) is 4.79 Å². The number of hydrogen-bond donors (Lipinski definition) is 0. The topological polar surface area (TPSA) is 73.1 Å². The van der Waals surface area contributed by atoms with Crippen LogP contribution in [0, 0.1) is 12.3 Å². The number of likely N-dealkylation sites (tertiary alicyclic amines) is 1. The van der Waals surface area contributed by atoms with E-state index >= 15 is 0 Å². The Morgan fingerprint density at radius 2 is 2.13 bits per heavy atom. The normalized spacial score (nSPS) is 18.2. The quantitative estimate of drug-likeness (QED) is 0.470. The van der Waals surface area contributed by atoms with E-state index in [0.717, 1.165) is 22.4 Å². The van der Waals surface area contributed by atoms with E-state index < -0.39 is 0 Å². The lowest BCUT2D eigenvalue weighted by Gasteiger charge is -2.18. The van der Waals surface area contributed by atoms with E-state index in [0.29, 0.717) is 19.7 Å². The zero-order valence-corrected chi connectivity index (χ0v) is 16.4. The summed E-state index contributed by atoms with van der Waals surface area (Å²) in [6.45, 7) is 4.93. The van der Waals surface area contributed by atoms with E-state index in [1.54, 1.807) is 22.0 Å². The van der Waals surface area contributed by atoms with Crippen LogP contribution in [-0.2, 0) is 16.1 Å². The molecule has 2 aromatic heterocycles. The number of benzene rings is 1. The summed E-state index contributed by atoms with van der Waals surface area (Å²) >= 11 is 0. The Morgan fingerprint density at radius 1 is 1.30 bits per heavy atom. The molecule has 2 atom stereocenters. The minimum atomic E-state index is -0.232. The molecule has 1 amide bonds. The molecule has 7 nitrogen and oxygen atoms in total. The Kier molecular flexibility index (Phi) is 5.68. The maximum atomic E-state index is 12.2. The van der Waals surface area contributed by atoms with Gasteiger partial charge < -0.3 is 9.64 Å². The third kappa shape index (κ3) is 4.14. The van der Waals surface area contributed by atoms with Crippen LogP contribution in [0.1, 0.15) is 17.2 Å². The number of rotatable bonds is 6. The predicted octanol–water partition coefficient (Wildman–Crippen LogP) is 2.48. The van der Waals surface area contributed by atoms with Crippen LogP contribution in [0.15, 0.2) is 67.6 Å². The first-order valence-electron chi connectivity index (χ1n) is 9.58. The van der Waals surface area contributed by atoms with E-state index in [4.69, 9.17) is 11.2 Å². The molecule has 1 aromatic carbocycles. The molecule has 4 rings (SSSR count). The van der Waals surface area contributed by atoms with Gasteiger partial charge >= 0.3 is 0 Å². The largest absolute Gasteiger partial charge is 0.369 e. The molecule has 150 valence electrons. The lowest BCUT2D eigenvalue weighted by atomic mass is 10.1. The zero-order valence-electron chi connectivity index (χ0n) is 16.4. The number of carbonyl (C=O) groups is 1. The highest BCUT2D eigenvalue weighted by Crippen LogP contribution is 2.27. The predicted molar refractivity (Wildman–Crippen MR) is 112 cm³/mol. The fourth-order valence-corrected chi connectivity index (χ4v) is 3.47. The molecule has 0 bridgehead atoms. The molecule has 0 N–H and O–H groups in total. The van der Waals surface area contributed by atoms with Crippen molar-refractivity contribution in [3.05, 3.63) is 78.8 Å². The van der Waals surface area contributed by atoms with Gasteiger partial charge in [0.1, 0.15) is 5.69 Å². The standard InChI is InChI=1S/C23H21N5O2/c1-3-17-7-9-18(10-8-17)16-30-22-15-27(23(29)4-2)14-21(22)28-13-20(25-26-28)19-6-5-11-24-12-19/h1,4-13,21-22H,2,14-16H2/t21-,22-/m1/s1. The Morgan fingerprint density at radius 3 is 2.83 bits per heavy atom. The molecule has 1 saturated heterocycles. The third-order valence-electron chi connectivity index (χ3n) is 5.12. The second-order valence-electron chi connectivity index (χ2n) is 7.03. The summed E-state index contributed by atoms with van der Waals surface area (Å²) in [6, 6.07) is 11.3. The first-order chi connectivity index (χ1) is 14.7. The molecule has 0 radical (unpaired) electrons. The average Bonchev–Trinajstić information content (AvgIpc) is 3.45. The van der Waals surface area contributed by atoms with Crippen LogP contribution in [0.25, 0.3) is 11.3 Å². The number of hydrogen-bond acceptors (Lipinski definition) is 5. The van der Waals surface area contributed by atoms with Gasteiger partial charge in [-0.15, -0.1) is 11.5 Å². The van der Waals surface area contributed by atoms with Crippen molar-refractivity contribution in [3.63, 3.8) is 0 Å². The van der Waals surface area contributed by atoms with Crippen molar-refractivity contribution in [2.24, 2.45) is 0 Å². The Labute approximate surface area is 175 Å². The molecule has 0 saturated carbocycles. The molecule has 1 aliphatic heterocycles. The Balaban J connectivity index is 1.52. The number of ether oxygens (including phenoxy) is 1. The molecule has 7 heteroatoms. The van der Waals surface area contributed by atoms with Gasteiger partial charge in [0.25, 0.3) is 0 Å². The van der Waals surface area contributed by atoms with Gasteiger partial charge in [-0.05, 0) is 35.9 Å². The van der Waals surface area contributed by atoms with Gasteiger partial charge in [0, 0.05) is 36.6 Å². The van der Waals surface area contributed by atoms with E-state index in [-0.39, 0.29) is 18.1 Å². The molecule has 0 unspecified atom stereocenters. The van der Waals surface area contributed by atoms with Gasteiger partial charge in [-0.1, -0.05) is 29.8 Å². The summed E-state index contributed by atoms with van der Waals surface area (Å²) in [5.74, 6) is 2.48. The highest BCUT2D eigenvalue weighted by Gasteiger charge is 2.37. The molecule has 0 spiro atoms. The van der Waals surface area contributed by atoms with E-state index in [1.807, 2.05) is 42.6 Å². The summed E-state index contributed by atoms with van der Waals surface area (Å²) < 4.78 is 7.96. The van der Waals surface area contributed by atoms with Crippen LogP contribution in [0.5, 0.6) is 0 Å². The van der Waals surface area contributed by atoms with Gasteiger partial charge in [0.05, 0.1) is 24.9 Å². The number of pyridine rings is 1. The summed E-state index contributed by atoms with van der Waals surface area (Å²) in [6.07, 6.45) is 11.8. The van der Waals surface area contributed by atoms with Crippen molar-refractivity contribution in [3.8, 4) is 23.6 Å². The van der Waals surface area contributed by atoms with Gasteiger partial charge in [-0.3, -0.25) is 9.78 Å². The van der Waals surface area contributed by atoms with Crippen molar-refractivity contribution < 1.29 is 9.53 Å². The fourth-order valence-electron chi connectivity index (χ4n) is 3.47. The minimum absolute atomic E-state index is 0.128. The minimum Gasteiger partial charge on any atom is -0.369 e. The third-order valence-corrected chi connectivity index (χ3v) is 5.12. The first kappa shape index (κ1) is 19.6. The number of nitrogens with zero attached hydrogens (tertiary/aromatic N) is 5. The highest BCUT2D eigenvalue weighted by atomic mass is 16.5. The van der Waals surface area contributed by atoms with Gasteiger partial charge in [-0.2, -0.15) is 0 Å². The monoisotopic (exact) mass is 399 g/mol. The maximum absolute atomic E-state index is 12.2. The smallest absolute Gasteiger partial charge is 0.246 e. The van der Waals surface area contributed by atoms with Crippen molar-refractivity contribution in [2.75, 3.05) is 13.1 Å². The van der Waals surface area contributed by atoms with Gasteiger partial charge in [0.15, 0.2) is 0 Å². The molecular weight excluding hydrogens is 378 g/mol. The molecule has 3 aromatic rings. The van der Waals surface area contributed by atoms with Crippen molar-refractivity contribution >= 4 is 5.91 Å². The molecular formula is C23H21N5O2. The molecule has 1 aliphatic rings. The van der Waals surface area contributed by atoms with Gasteiger partial charge in [0.2, 0.25) is 5.91 Å². The average molecular weight is 399 g/mol. The summed E-state index contributed by atoms with van der Waals surface area (Å²) in [5, 5.41) is 8.56. The lowest BCUT2D eigenvalue weighted by Crippen LogP contribution is -2.28. The number of amides is 1. The van der Waals surface area contributed by atoms with Crippen LogP contribution in [0.2, 0.25) is 0 Å². The van der Waals surface area contributed by atoms with Crippen LogP contribution < -0.4 is 0 Å².